The quantitative estimate of drug-likeness (QED) is 0.343. The van der Waals surface area contributed by atoms with Crippen molar-refractivity contribution in [3.8, 4) is 5.75 Å². The van der Waals surface area contributed by atoms with Gasteiger partial charge in [-0.15, -0.1) is 0 Å². The summed E-state index contributed by atoms with van der Waals surface area (Å²) in [5.41, 5.74) is 3.25. The van der Waals surface area contributed by atoms with Crippen molar-refractivity contribution in [2.45, 2.75) is 45.6 Å². The molecule has 0 saturated heterocycles. The summed E-state index contributed by atoms with van der Waals surface area (Å²) in [6.45, 7) is 7.27. The molecule has 0 radical (unpaired) electrons. The molecule has 0 bridgehead atoms. The smallest absolute Gasteiger partial charge is 0.257 e. The normalized spacial score (nSPS) is 11.1. The number of carbonyl (C=O) groups is 2. The molecule has 7 heteroatoms. The molecule has 2 aromatic carbocycles. The standard InChI is InChI=1S/C27H30BrN3O3/c1-27(2,3)21-12-13-24(22(28)16-21)34-15-7-11-25(32)30-18-19-8-4-5-10-23(19)31-26(33)20-9-6-14-29-17-20/h4-6,8-10,12-14,16-17H,7,11,15,18H2,1-3H3,(H,30,32)(H,31,33). The summed E-state index contributed by atoms with van der Waals surface area (Å²) in [4.78, 5) is 28.7. The molecular formula is C27H30BrN3O3. The summed E-state index contributed by atoms with van der Waals surface area (Å²) in [6, 6.07) is 16.9. The summed E-state index contributed by atoms with van der Waals surface area (Å²) < 4.78 is 6.75. The van der Waals surface area contributed by atoms with E-state index in [4.69, 9.17) is 4.74 Å². The van der Waals surface area contributed by atoms with E-state index in [1.54, 1.807) is 18.3 Å². The Labute approximate surface area is 209 Å². The van der Waals surface area contributed by atoms with E-state index in [2.05, 4.69) is 64.5 Å². The molecule has 1 aromatic heterocycles. The third-order valence-corrected chi connectivity index (χ3v) is 5.89. The first-order chi connectivity index (χ1) is 16.2. The summed E-state index contributed by atoms with van der Waals surface area (Å²) in [7, 11) is 0. The second kappa shape index (κ2) is 11.8. The number of amides is 2. The molecule has 0 spiro atoms. The van der Waals surface area contributed by atoms with Gasteiger partial charge in [0.1, 0.15) is 5.75 Å². The van der Waals surface area contributed by atoms with E-state index in [0.717, 1.165) is 15.8 Å². The zero-order chi connectivity index (χ0) is 24.6. The van der Waals surface area contributed by atoms with E-state index >= 15 is 0 Å². The first-order valence-electron chi connectivity index (χ1n) is 11.2. The third kappa shape index (κ3) is 7.42. The van der Waals surface area contributed by atoms with Crippen LogP contribution in [0.15, 0.2) is 71.5 Å². The molecule has 0 aliphatic carbocycles. The molecule has 0 aliphatic heterocycles. The molecule has 6 nitrogen and oxygen atoms in total. The molecule has 0 unspecified atom stereocenters. The Morgan fingerprint density at radius 1 is 1.06 bits per heavy atom. The number of nitrogens with zero attached hydrogens (tertiary/aromatic N) is 1. The average Bonchev–Trinajstić information content (AvgIpc) is 2.82. The number of benzene rings is 2. The molecule has 3 aromatic rings. The highest BCUT2D eigenvalue weighted by Crippen LogP contribution is 2.31. The van der Waals surface area contributed by atoms with E-state index in [0.29, 0.717) is 37.2 Å². The molecular weight excluding hydrogens is 494 g/mol. The van der Waals surface area contributed by atoms with Gasteiger partial charge >= 0.3 is 0 Å². The van der Waals surface area contributed by atoms with Gasteiger partial charge in [0, 0.05) is 31.0 Å². The number of ether oxygens (including phenoxy) is 1. The number of hydrogen-bond acceptors (Lipinski definition) is 4. The minimum atomic E-state index is -0.245. The Kier molecular flexibility index (Phi) is 8.82. The maximum absolute atomic E-state index is 12.4. The fourth-order valence-corrected chi connectivity index (χ4v) is 3.76. The number of carbonyl (C=O) groups excluding carboxylic acids is 2. The lowest BCUT2D eigenvalue weighted by Crippen LogP contribution is -2.24. The molecule has 0 fully saturated rings. The number of anilines is 1. The van der Waals surface area contributed by atoms with Crippen molar-refractivity contribution in [3.63, 3.8) is 0 Å². The Bertz CT molecular complexity index is 1130. The van der Waals surface area contributed by atoms with E-state index in [9.17, 15) is 9.59 Å². The maximum Gasteiger partial charge on any atom is 0.257 e. The molecule has 0 saturated carbocycles. The number of hydrogen-bond donors (Lipinski definition) is 2. The van der Waals surface area contributed by atoms with Crippen LogP contribution in [-0.4, -0.2) is 23.4 Å². The number of para-hydroxylation sites is 1. The number of pyridine rings is 1. The lowest BCUT2D eigenvalue weighted by atomic mass is 9.87. The van der Waals surface area contributed by atoms with Gasteiger partial charge < -0.3 is 15.4 Å². The molecule has 3 rings (SSSR count). The van der Waals surface area contributed by atoms with Crippen LogP contribution in [0.4, 0.5) is 5.69 Å². The first-order valence-corrected chi connectivity index (χ1v) is 12.0. The highest BCUT2D eigenvalue weighted by molar-refractivity contribution is 9.10. The predicted octanol–water partition coefficient (Wildman–Crippen LogP) is 5.87. The first kappa shape index (κ1) is 25.4. The molecule has 1 heterocycles. The van der Waals surface area contributed by atoms with Gasteiger partial charge in [-0.25, -0.2) is 0 Å². The number of rotatable bonds is 9. The van der Waals surface area contributed by atoms with Gasteiger partial charge in [-0.2, -0.15) is 0 Å². The minimum absolute atomic E-state index is 0.0688. The van der Waals surface area contributed by atoms with Crippen molar-refractivity contribution in [1.82, 2.24) is 10.3 Å². The zero-order valence-electron chi connectivity index (χ0n) is 19.7. The molecule has 2 N–H and O–H groups in total. The van der Waals surface area contributed by atoms with E-state index in [1.807, 2.05) is 30.3 Å². The average molecular weight is 524 g/mol. The van der Waals surface area contributed by atoms with E-state index in [-0.39, 0.29) is 17.2 Å². The predicted molar refractivity (Wildman–Crippen MR) is 138 cm³/mol. The van der Waals surface area contributed by atoms with Crippen molar-refractivity contribution in [2.24, 2.45) is 0 Å². The lowest BCUT2D eigenvalue weighted by Gasteiger charge is -2.20. The summed E-state index contributed by atoms with van der Waals surface area (Å²) >= 11 is 3.57. The van der Waals surface area contributed by atoms with Crippen LogP contribution < -0.4 is 15.4 Å². The van der Waals surface area contributed by atoms with Crippen molar-refractivity contribution in [3.05, 3.63) is 88.2 Å². The molecule has 2 amide bonds. The van der Waals surface area contributed by atoms with Gasteiger partial charge in [-0.1, -0.05) is 45.0 Å². The number of aromatic nitrogens is 1. The van der Waals surface area contributed by atoms with Crippen LogP contribution in [0, 0.1) is 0 Å². The van der Waals surface area contributed by atoms with Crippen LogP contribution in [0.1, 0.15) is 55.1 Å². The van der Waals surface area contributed by atoms with Gasteiger partial charge in [-0.3, -0.25) is 14.6 Å². The summed E-state index contributed by atoms with van der Waals surface area (Å²) in [5.74, 6) is 0.455. The van der Waals surface area contributed by atoms with Crippen molar-refractivity contribution in [1.29, 1.82) is 0 Å². The van der Waals surface area contributed by atoms with Crippen LogP contribution in [0.2, 0.25) is 0 Å². The second-order valence-corrected chi connectivity index (χ2v) is 9.83. The highest BCUT2D eigenvalue weighted by Gasteiger charge is 2.15. The van der Waals surface area contributed by atoms with E-state index in [1.165, 1.54) is 11.8 Å². The summed E-state index contributed by atoms with van der Waals surface area (Å²) in [5, 5.41) is 5.80. The summed E-state index contributed by atoms with van der Waals surface area (Å²) in [6.07, 6.45) is 4.08. The Hall–Kier alpha value is -3.19. The van der Waals surface area contributed by atoms with Gasteiger partial charge in [0.15, 0.2) is 0 Å². The van der Waals surface area contributed by atoms with Gasteiger partial charge in [0.25, 0.3) is 5.91 Å². The van der Waals surface area contributed by atoms with Crippen LogP contribution >= 0.6 is 15.9 Å². The van der Waals surface area contributed by atoms with Crippen molar-refractivity contribution >= 4 is 33.4 Å². The van der Waals surface area contributed by atoms with Crippen molar-refractivity contribution < 1.29 is 14.3 Å². The third-order valence-electron chi connectivity index (χ3n) is 5.27. The van der Waals surface area contributed by atoms with Gasteiger partial charge in [0.05, 0.1) is 16.6 Å². The van der Waals surface area contributed by atoms with Gasteiger partial charge in [0.2, 0.25) is 5.91 Å². The lowest BCUT2D eigenvalue weighted by molar-refractivity contribution is -0.121. The zero-order valence-corrected chi connectivity index (χ0v) is 21.3. The van der Waals surface area contributed by atoms with Crippen LogP contribution in [0.5, 0.6) is 5.75 Å². The van der Waals surface area contributed by atoms with Crippen LogP contribution in [0.25, 0.3) is 0 Å². The fourth-order valence-electron chi connectivity index (χ4n) is 3.27. The molecule has 178 valence electrons. The topological polar surface area (TPSA) is 80.3 Å². The SMILES string of the molecule is CC(C)(C)c1ccc(OCCCC(=O)NCc2ccccc2NC(=O)c2cccnc2)c(Br)c1. The largest absolute Gasteiger partial charge is 0.492 e. The Morgan fingerprint density at radius 3 is 2.56 bits per heavy atom. The molecule has 0 atom stereocenters. The molecule has 0 aliphatic rings. The number of nitrogens with one attached hydrogen (secondary N) is 2. The maximum atomic E-state index is 12.4. The number of halogens is 1. The van der Waals surface area contributed by atoms with Crippen molar-refractivity contribution in [2.75, 3.05) is 11.9 Å². The minimum Gasteiger partial charge on any atom is -0.492 e. The Balaban J connectivity index is 1.45. The highest BCUT2D eigenvalue weighted by atomic mass is 79.9. The molecule has 34 heavy (non-hydrogen) atoms. The monoisotopic (exact) mass is 523 g/mol. The van der Waals surface area contributed by atoms with Crippen LogP contribution in [0.3, 0.4) is 0 Å². The van der Waals surface area contributed by atoms with Gasteiger partial charge in [-0.05, 0) is 69.2 Å². The fraction of sp³-hybridized carbons (Fsp3) is 0.296. The van der Waals surface area contributed by atoms with Crippen LogP contribution in [-0.2, 0) is 16.8 Å². The Morgan fingerprint density at radius 2 is 1.85 bits per heavy atom. The van der Waals surface area contributed by atoms with E-state index < -0.39 is 0 Å². The second-order valence-electron chi connectivity index (χ2n) is 8.98.